The van der Waals surface area contributed by atoms with Gasteiger partial charge in [0.15, 0.2) is 0 Å². The summed E-state index contributed by atoms with van der Waals surface area (Å²) in [6.45, 7) is 0.441. The maximum Gasteiger partial charge on any atom is 0.134 e. The zero-order chi connectivity index (χ0) is 19.2. The molecule has 0 saturated carbocycles. The normalized spacial score (nSPS) is 11.1. The standard InChI is InChI=1S/C22H14BrCl2NO/c23-21-11-16(10-18(13-26)17-2-1-3-20(25)12-17)6-9-22(21)27-14-15-4-7-19(24)8-5-15/h1-12H,14H2/b18-10-. The molecule has 2 nitrogen and oxygen atoms in total. The van der Waals surface area contributed by atoms with Gasteiger partial charge in [-0.1, -0.05) is 53.5 Å². The highest BCUT2D eigenvalue weighted by Gasteiger charge is 2.06. The molecular weight excluding hydrogens is 445 g/mol. The van der Waals surface area contributed by atoms with E-state index in [1.165, 1.54) is 0 Å². The predicted octanol–water partition coefficient (Wildman–Crippen LogP) is 7.40. The highest BCUT2D eigenvalue weighted by Crippen LogP contribution is 2.29. The summed E-state index contributed by atoms with van der Waals surface area (Å²) >= 11 is 15.4. The number of nitrogens with zero attached hydrogens (tertiary/aromatic N) is 1. The molecule has 0 amide bonds. The Morgan fingerprint density at radius 3 is 2.44 bits per heavy atom. The molecule has 0 fully saturated rings. The third kappa shape index (κ3) is 5.37. The molecule has 27 heavy (non-hydrogen) atoms. The highest BCUT2D eigenvalue weighted by atomic mass is 79.9. The van der Waals surface area contributed by atoms with Crippen molar-refractivity contribution in [2.45, 2.75) is 6.61 Å². The van der Waals surface area contributed by atoms with Gasteiger partial charge >= 0.3 is 0 Å². The van der Waals surface area contributed by atoms with Crippen LogP contribution in [-0.4, -0.2) is 0 Å². The minimum Gasteiger partial charge on any atom is -0.488 e. The van der Waals surface area contributed by atoms with E-state index in [1.807, 2.05) is 60.7 Å². The number of allylic oxidation sites excluding steroid dienone is 1. The van der Waals surface area contributed by atoms with Crippen molar-refractivity contribution < 1.29 is 4.74 Å². The van der Waals surface area contributed by atoms with E-state index in [-0.39, 0.29) is 0 Å². The van der Waals surface area contributed by atoms with Crippen molar-refractivity contribution in [3.05, 3.63) is 97.9 Å². The van der Waals surface area contributed by atoms with Crippen LogP contribution in [0.3, 0.4) is 0 Å². The zero-order valence-corrected chi connectivity index (χ0v) is 17.2. The molecule has 0 aliphatic rings. The fraction of sp³-hybridized carbons (Fsp3) is 0.0455. The summed E-state index contributed by atoms with van der Waals surface area (Å²) in [6.07, 6.45) is 1.82. The maximum atomic E-state index is 9.48. The van der Waals surface area contributed by atoms with Gasteiger partial charge in [-0.05, 0) is 75.1 Å². The first-order valence-corrected chi connectivity index (χ1v) is 9.64. The molecule has 0 aliphatic carbocycles. The van der Waals surface area contributed by atoms with Crippen LogP contribution in [-0.2, 0) is 6.61 Å². The lowest BCUT2D eigenvalue weighted by atomic mass is 10.0. The molecule has 0 heterocycles. The Hall–Kier alpha value is -2.25. The second-order valence-corrected chi connectivity index (χ2v) is 7.51. The van der Waals surface area contributed by atoms with Gasteiger partial charge in [0.05, 0.1) is 16.1 Å². The fourth-order valence-corrected chi connectivity index (χ4v) is 3.30. The van der Waals surface area contributed by atoms with Crippen molar-refractivity contribution >= 4 is 50.8 Å². The van der Waals surface area contributed by atoms with E-state index < -0.39 is 0 Å². The molecule has 0 atom stereocenters. The van der Waals surface area contributed by atoms with Gasteiger partial charge in [-0.15, -0.1) is 0 Å². The van der Waals surface area contributed by atoms with E-state index >= 15 is 0 Å². The van der Waals surface area contributed by atoms with Crippen molar-refractivity contribution in [1.29, 1.82) is 5.26 Å². The maximum absolute atomic E-state index is 9.48. The summed E-state index contributed by atoms with van der Waals surface area (Å²) < 4.78 is 6.67. The Kier molecular flexibility index (Phi) is 6.58. The van der Waals surface area contributed by atoms with Gasteiger partial charge in [0.1, 0.15) is 12.4 Å². The number of halogens is 3. The Labute approximate surface area is 176 Å². The van der Waals surface area contributed by atoms with Gasteiger partial charge in [0.25, 0.3) is 0 Å². The number of rotatable bonds is 5. The van der Waals surface area contributed by atoms with Gasteiger partial charge in [-0.25, -0.2) is 0 Å². The van der Waals surface area contributed by atoms with Crippen molar-refractivity contribution in [2.75, 3.05) is 0 Å². The van der Waals surface area contributed by atoms with Crippen LogP contribution < -0.4 is 4.74 Å². The number of ether oxygens (including phenoxy) is 1. The molecule has 3 aromatic carbocycles. The van der Waals surface area contributed by atoms with Crippen LogP contribution in [0.1, 0.15) is 16.7 Å². The van der Waals surface area contributed by atoms with E-state index in [4.69, 9.17) is 27.9 Å². The zero-order valence-electron chi connectivity index (χ0n) is 14.1. The monoisotopic (exact) mass is 457 g/mol. The lowest BCUT2D eigenvalue weighted by Crippen LogP contribution is -1.96. The topological polar surface area (TPSA) is 33.0 Å². The SMILES string of the molecule is N#C/C(=C/c1ccc(OCc2ccc(Cl)cc2)c(Br)c1)c1cccc(Cl)c1. The second kappa shape index (κ2) is 9.10. The molecule has 0 radical (unpaired) electrons. The Balaban J connectivity index is 1.77. The van der Waals surface area contributed by atoms with E-state index in [9.17, 15) is 5.26 Å². The first kappa shape index (κ1) is 19.5. The summed E-state index contributed by atoms with van der Waals surface area (Å²) in [4.78, 5) is 0. The first-order valence-electron chi connectivity index (χ1n) is 8.10. The molecule has 134 valence electrons. The highest BCUT2D eigenvalue weighted by molar-refractivity contribution is 9.10. The Bertz CT molecular complexity index is 1020. The average Bonchev–Trinajstić information content (AvgIpc) is 2.66. The van der Waals surface area contributed by atoms with Crippen LogP contribution in [0.25, 0.3) is 11.6 Å². The third-order valence-corrected chi connectivity index (χ3v) is 4.94. The summed E-state index contributed by atoms with van der Waals surface area (Å²) in [5.74, 6) is 0.725. The van der Waals surface area contributed by atoms with Gasteiger partial charge in [0.2, 0.25) is 0 Å². The quantitative estimate of drug-likeness (QED) is 0.294. The number of hydrogen-bond donors (Lipinski definition) is 0. The molecule has 3 aromatic rings. The average molecular weight is 459 g/mol. The van der Waals surface area contributed by atoms with Crippen LogP contribution >= 0.6 is 39.1 Å². The van der Waals surface area contributed by atoms with Crippen molar-refractivity contribution in [3.63, 3.8) is 0 Å². The number of hydrogen-bond acceptors (Lipinski definition) is 2. The van der Waals surface area contributed by atoms with Gasteiger partial charge in [-0.3, -0.25) is 0 Å². The summed E-state index contributed by atoms with van der Waals surface area (Å²) in [5.41, 5.74) is 3.24. The predicted molar refractivity (Wildman–Crippen MR) is 115 cm³/mol. The van der Waals surface area contributed by atoms with E-state index in [2.05, 4.69) is 22.0 Å². The molecule has 0 bridgehead atoms. The summed E-state index contributed by atoms with van der Waals surface area (Å²) in [6, 6.07) is 22.7. The molecule has 3 rings (SSSR count). The fourth-order valence-electron chi connectivity index (χ4n) is 2.47. The minimum atomic E-state index is 0.441. The van der Waals surface area contributed by atoms with Crippen molar-refractivity contribution in [2.24, 2.45) is 0 Å². The Morgan fingerprint density at radius 1 is 1.00 bits per heavy atom. The van der Waals surface area contributed by atoms with E-state index in [0.717, 1.165) is 26.9 Å². The lowest BCUT2D eigenvalue weighted by molar-refractivity contribution is 0.304. The van der Waals surface area contributed by atoms with Crippen LogP contribution in [0.15, 0.2) is 71.2 Å². The van der Waals surface area contributed by atoms with E-state index in [1.54, 1.807) is 12.1 Å². The smallest absolute Gasteiger partial charge is 0.134 e. The van der Waals surface area contributed by atoms with Crippen molar-refractivity contribution in [1.82, 2.24) is 0 Å². The van der Waals surface area contributed by atoms with Gasteiger partial charge < -0.3 is 4.74 Å². The van der Waals surface area contributed by atoms with Crippen LogP contribution in [0.5, 0.6) is 5.75 Å². The van der Waals surface area contributed by atoms with Crippen LogP contribution in [0.4, 0.5) is 0 Å². The third-order valence-electron chi connectivity index (χ3n) is 3.83. The van der Waals surface area contributed by atoms with Crippen LogP contribution in [0.2, 0.25) is 10.0 Å². The molecule has 0 spiro atoms. The molecule has 5 heteroatoms. The Morgan fingerprint density at radius 2 is 1.78 bits per heavy atom. The number of benzene rings is 3. The molecule has 0 unspecified atom stereocenters. The largest absolute Gasteiger partial charge is 0.488 e. The molecular formula is C22H14BrCl2NO. The van der Waals surface area contributed by atoms with Gasteiger partial charge in [-0.2, -0.15) is 5.26 Å². The molecule has 0 aliphatic heterocycles. The number of nitriles is 1. The minimum absolute atomic E-state index is 0.441. The van der Waals surface area contributed by atoms with Gasteiger partial charge in [0, 0.05) is 10.0 Å². The van der Waals surface area contributed by atoms with Crippen molar-refractivity contribution in [3.8, 4) is 11.8 Å². The lowest BCUT2D eigenvalue weighted by Gasteiger charge is -2.09. The molecule has 0 saturated heterocycles. The van der Waals surface area contributed by atoms with Crippen LogP contribution in [0, 0.1) is 11.3 Å². The summed E-state index contributed by atoms with van der Waals surface area (Å²) in [5, 5.41) is 10.8. The molecule has 0 aromatic heterocycles. The summed E-state index contributed by atoms with van der Waals surface area (Å²) in [7, 11) is 0. The van der Waals surface area contributed by atoms with E-state index in [0.29, 0.717) is 22.2 Å². The first-order chi connectivity index (χ1) is 13.0. The second-order valence-electron chi connectivity index (χ2n) is 5.79. The molecule has 0 N–H and O–H groups in total.